The molecule has 224 valence electrons. The summed E-state index contributed by atoms with van der Waals surface area (Å²) in [5.41, 5.74) is 0. The fourth-order valence-electron chi connectivity index (χ4n) is 3.89. The minimum Gasteiger partial charge on any atom is -0.487 e. The van der Waals surface area contributed by atoms with E-state index in [4.69, 9.17) is 9.47 Å². The molecule has 4 atom stereocenters. The first-order chi connectivity index (χ1) is 18.9. The van der Waals surface area contributed by atoms with E-state index in [1.165, 1.54) is 13.8 Å². The second kappa shape index (κ2) is 18.7. The topological polar surface area (TPSA) is 117 Å². The molecule has 0 saturated heterocycles. The van der Waals surface area contributed by atoms with Gasteiger partial charge in [-0.3, -0.25) is 4.79 Å². The number of carbonyl (C=O) groups excluding carboxylic acids is 2. The van der Waals surface area contributed by atoms with Gasteiger partial charge in [-0.2, -0.15) is 8.78 Å². The van der Waals surface area contributed by atoms with Crippen LogP contribution in [0.5, 0.6) is 5.75 Å². The van der Waals surface area contributed by atoms with E-state index in [9.17, 15) is 28.5 Å². The molecular weight excluding hydrogens is 526 g/mol. The van der Waals surface area contributed by atoms with Crippen LogP contribution in [0, 0.1) is 22.0 Å². The number of nitrogens with one attached hydrogen (secondary N) is 1. The van der Waals surface area contributed by atoms with Crippen molar-refractivity contribution in [1.29, 1.82) is 0 Å². The highest BCUT2D eigenvalue weighted by Gasteiger charge is 2.28. The third-order valence-electron chi connectivity index (χ3n) is 6.16. The largest absolute Gasteiger partial charge is 0.487 e. The van der Waals surface area contributed by atoms with Crippen molar-refractivity contribution in [2.24, 2.45) is 11.8 Å². The number of esters is 1. The van der Waals surface area contributed by atoms with Crippen molar-refractivity contribution in [3.63, 3.8) is 0 Å². The molecule has 0 aromatic heterocycles. The second-order valence-corrected chi connectivity index (χ2v) is 9.81. The van der Waals surface area contributed by atoms with Gasteiger partial charge in [-0.1, -0.05) is 56.2 Å². The second-order valence-electron chi connectivity index (χ2n) is 9.81. The zero-order chi connectivity index (χ0) is 30.0. The lowest BCUT2D eigenvalue weighted by Crippen LogP contribution is -2.40. The van der Waals surface area contributed by atoms with Crippen molar-refractivity contribution in [2.45, 2.75) is 84.3 Å². The van der Waals surface area contributed by atoms with Gasteiger partial charge in [0, 0.05) is 6.42 Å². The molecule has 11 heteroatoms. The monoisotopic (exact) mass is 568 g/mol. The number of para-hydroxylation sites is 1. The molecule has 0 heterocycles. The van der Waals surface area contributed by atoms with Gasteiger partial charge in [-0.15, -0.1) is 10.1 Å². The first kappa shape index (κ1) is 34.5. The van der Waals surface area contributed by atoms with E-state index in [0.29, 0.717) is 30.4 Å². The lowest BCUT2D eigenvalue weighted by atomic mass is 9.97. The summed E-state index contributed by atoms with van der Waals surface area (Å²) in [6.07, 6.45) is 10.8. The van der Waals surface area contributed by atoms with E-state index in [0.717, 1.165) is 31.8 Å². The highest BCUT2D eigenvalue weighted by molar-refractivity contribution is 5.84. The van der Waals surface area contributed by atoms with Crippen molar-refractivity contribution in [1.82, 2.24) is 5.32 Å². The Morgan fingerprint density at radius 3 is 2.52 bits per heavy atom. The molecule has 1 amide bonds. The Labute approximate surface area is 235 Å². The first-order valence-electron chi connectivity index (χ1n) is 13.6. The molecule has 1 N–H and O–H groups in total. The molecule has 1 aliphatic rings. The summed E-state index contributed by atoms with van der Waals surface area (Å²) in [6.45, 7) is 6.07. The molecule has 0 spiro atoms. The predicted molar refractivity (Wildman–Crippen MR) is 147 cm³/mol. The van der Waals surface area contributed by atoms with Crippen molar-refractivity contribution in [2.75, 3.05) is 13.2 Å². The van der Waals surface area contributed by atoms with Crippen molar-refractivity contribution < 1.29 is 37.8 Å². The van der Waals surface area contributed by atoms with Crippen molar-refractivity contribution >= 4 is 11.9 Å². The summed E-state index contributed by atoms with van der Waals surface area (Å²) in [4.78, 5) is 37.4. The number of unbranched alkanes of at least 4 members (excludes halogenated alkanes) is 1. The van der Waals surface area contributed by atoms with Gasteiger partial charge in [-0.05, 0) is 70.1 Å². The third-order valence-corrected chi connectivity index (χ3v) is 6.16. The number of hydrogen-bond acceptors (Lipinski definition) is 7. The van der Waals surface area contributed by atoms with E-state index in [1.807, 2.05) is 25.1 Å². The molecule has 4 unspecified atom stereocenters. The number of allylic oxidation sites excluding steroid dienone is 3. The molecule has 0 radical (unpaired) electrons. The Bertz CT molecular complexity index is 957. The van der Waals surface area contributed by atoms with E-state index < -0.39 is 35.7 Å². The Balaban J connectivity index is 0.000000401. The number of rotatable bonds is 15. The molecule has 1 aromatic carbocycles. The molecule has 1 aliphatic carbocycles. The van der Waals surface area contributed by atoms with Crippen LogP contribution in [0.2, 0.25) is 0 Å². The van der Waals surface area contributed by atoms with Crippen LogP contribution in [0.1, 0.15) is 66.2 Å². The molecule has 0 aliphatic heterocycles. The minimum absolute atomic E-state index is 0.237. The number of hydrogen-bond donors (Lipinski definition) is 1. The molecule has 1 aromatic rings. The molecular formula is C29H42F2N2O7. The molecule has 1 fully saturated rings. The Morgan fingerprint density at radius 1 is 1.23 bits per heavy atom. The van der Waals surface area contributed by atoms with Gasteiger partial charge in [0.2, 0.25) is 5.91 Å². The SMILES string of the molecule is C/C=C\CCCC(=O)NC(C)C(=O)OCC(C)O[N+](=O)[O-].CC1CCCC1/C=C/C(F)(F)COc1ccccc1. The lowest BCUT2D eigenvalue weighted by Gasteiger charge is -2.15. The van der Waals surface area contributed by atoms with Gasteiger partial charge in [0.05, 0.1) is 0 Å². The summed E-state index contributed by atoms with van der Waals surface area (Å²) in [5, 5.41) is 11.6. The van der Waals surface area contributed by atoms with Gasteiger partial charge in [0.25, 0.3) is 11.0 Å². The first-order valence-corrected chi connectivity index (χ1v) is 13.6. The molecule has 2 rings (SSSR count). The Morgan fingerprint density at radius 2 is 1.93 bits per heavy atom. The average Bonchev–Trinajstić information content (AvgIpc) is 3.32. The standard InChI is InChI=1S/C16H20F2O.C13H22N2O6/c1-13-6-5-7-14(13)10-11-16(17,18)12-19-15-8-3-2-4-9-15;1-4-5-6-7-8-12(16)14-11(3)13(17)20-9-10(2)21-15(18)19/h2-4,8-11,13-14H,5-7,12H2,1H3;4-5,10-11H,6-9H2,1-3H3,(H,14,16)/b11-10+;5-4-. The number of halogens is 2. The van der Waals surface area contributed by atoms with E-state index in [2.05, 4.69) is 17.1 Å². The highest BCUT2D eigenvalue weighted by Crippen LogP contribution is 2.33. The summed E-state index contributed by atoms with van der Waals surface area (Å²) in [7, 11) is 0. The van der Waals surface area contributed by atoms with Crippen LogP contribution >= 0.6 is 0 Å². The van der Waals surface area contributed by atoms with Crippen LogP contribution < -0.4 is 10.1 Å². The molecule has 1 saturated carbocycles. The zero-order valence-corrected chi connectivity index (χ0v) is 23.7. The summed E-state index contributed by atoms with van der Waals surface area (Å²) < 4.78 is 37.3. The van der Waals surface area contributed by atoms with Crippen molar-refractivity contribution in [3.8, 4) is 5.75 Å². The lowest BCUT2D eigenvalue weighted by molar-refractivity contribution is -0.767. The molecule has 9 nitrogen and oxygen atoms in total. The minimum atomic E-state index is -2.90. The Kier molecular flexibility index (Phi) is 16.2. The van der Waals surface area contributed by atoms with Gasteiger partial charge >= 0.3 is 5.97 Å². The van der Waals surface area contributed by atoms with Crippen LogP contribution in [0.25, 0.3) is 0 Å². The number of carbonyl (C=O) groups is 2. The van der Waals surface area contributed by atoms with E-state index in [-0.39, 0.29) is 12.5 Å². The maximum absolute atomic E-state index is 13.7. The smallest absolute Gasteiger partial charge is 0.328 e. The average molecular weight is 569 g/mol. The fraction of sp³-hybridized carbons (Fsp3) is 0.586. The van der Waals surface area contributed by atoms with Crippen LogP contribution in [0.4, 0.5) is 8.78 Å². The van der Waals surface area contributed by atoms with Gasteiger partial charge < -0.3 is 19.6 Å². The zero-order valence-electron chi connectivity index (χ0n) is 23.7. The number of nitrogens with zero attached hydrogens (tertiary/aromatic N) is 1. The Hall–Kier alpha value is -3.50. The summed E-state index contributed by atoms with van der Waals surface area (Å²) >= 11 is 0. The molecule has 0 bridgehead atoms. The van der Waals surface area contributed by atoms with Crippen LogP contribution in [-0.2, 0) is 19.2 Å². The van der Waals surface area contributed by atoms with Crippen molar-refractivity contribution in [3.05, 3.63) is 64.8 Å². The number of benzene rings is 1. The predicted octanol–water partition coefficient (Wildman–Crippen LogP) is 6.07. The summed E-state index contributed by atoms with van der Waals surface area (Å²) in [5.74, 6) is -2.51. The number of alkyl halides is 2. The number of ether oxygens (including phenoxy) is 2. The van der Waals surface area contributed by atoms with Gasteiger partial charge in [0.15, 0.2) is 6.61 Å². The maximum Gasteiger partial charge on any atom is 0.328 e. The van der Waals surface area contributed by atoms with Crippen LogP contribution in [-0.4, -0.2) is 48.2 Å². The maximum atomic E-state index is 13.7. The van der Waals surface area contributed by atoms with Crippen LogP contribution in [0.15, 0.2) is 54.6 Å². The summed E-state index contributed by atoms with van der Waals surface area (Å²) in [6, 6.07) is 7.92. The quantitative estimate of drug-likeness (QED) is 0.0897. The highest BCUT2D eigenvalue weighted by atomic mass is 19.3. The molecule has 40 heavy (non-hydrogen) atoms. The van der Waals surface area contributed by atoms with E-state index >= 15 is 0 Å². The normalized spacial score (nSPS) is 18.4. The van der Waals surface area contributed by atoms with Gasteiger partial charge in [-0.25, -0.2) is 4.79 Å². The van der Waals surface area contributed by atoms with E-state index in [1.54, 1.807) is 30.3 Å². The van der Waals surface area contributed by atoms with Gasteiger partial charge in [0.1, 0.15) is 24.5 Å². The third kappa shape index (κ3) is 15.8. The number of amides is 1. The fourth-order valence-corrected chi connectivity index (χ4v) is 3.89. The van der Waals surface area contributed by atoms with Crippen LogP contribution in [0.3, 0.4) is 0 Å².